The Hall–Kier alpha value is -2.65. The Labute approximate surface area is 190 Å². The molecule has 0 heterocycles. The maximum Gasteiger partial charge on any atom is 0.286 e. The Kier molecular flexibility index (Phi) is 9.26. The van der Waals surface area contributed by atoms with Gasteiger partial charge in [-0.1, -0.05) is 41.1 Å². The van der Waals surface area contributed by atoms with Crippen LogP contribution in [0.4, 0.5) is 5.69 Å². The van der Waals surface area contributed by atoms with E-state index in [9.17, 15) is 14.9 Å². The first-order chi connectivity index (χ1) is 14.8. The Bertz CT molecular complexity index is 921. The maximum absolute atomic E-state index is 13.5. The Morgan fingerprint density at radius 2 is 1.90 bits per heavy atom. The van der Waals surface area contributed by atoms with Crippen LogP contribution in [0.1, 0.15) is 42.2 Å². The molecular formula is C22H27BrN2O6. The summed E-state index contributed by atoms with van der Waals surface area (Å²) in [5.41, 5.74) is 0.533. The van der Waals surface area contributed by atoms with Gasteiger partial charge in [0.05, 0.1) is 30.7 Å². The summed E-state index contributed by atoms with van der Waals surface area (Å²) in [6.07, 6.45) is 0.698. The predicted octanol–water partition coefficient (Wildman–Crippen LogP) is 5.00. The highest BCUT2D eigenvalue weighted by Crippen LogP contribution is 2.37. The number of hydrogen-bond donors (Lipinski definition) is 0. The lowest BCUT2D eigenvalue weighted by Gasteiger charge is -2.30. The van der Waals surface area contributed by atoms with Gasteiger partial charge in [0.25, 0.3) is 11.6 Å². The first-order valence-electron chi connectivity index (χ1n) is 9.89. The summed E-state index contributed by atoms with van der Waals surface area (Å²) in [6, 6.07) is 9.91. The summed E-state index contributed by atoms with van der Waals surface area (Å²) in [6.45, 7) is 4.80. The van der Waals surface area contributed by atoms with E-state index in [0.29, 0.717) is 19.6 Å². The summed E-state index contributed by atoms with van der Waals surface area (Å²) in [7, 11) is 2.95. The third-order valence-electron chi connectivity index (χ3n) is 4.80. The van der Waals surface area contributed by atoms with Crippen molar-refractivity contribution in [1.29, 1.82) is 0 Å². The number of carbonyl (C=O) groups excluding carboxylic acids is 1. The second-order valence-corrected chi connectivity index (χ2v) is 7.67. The van der Waals surface area contributed by atoms with Crippen LogP contribution < -0.4 is 9.47 Å². The van der Waals surface area contributed by atoms with Crippen molar-refractivity contribution >= 4 is 27.5 Å². The van der Waals surface area contributed by atoms with Crippen LogP contribution in [0.3, 0.4) is 0 Å². The Morgan fingerprint density at radius 1 is 1.19 bits per heavy atom. The SMILES string of the molecule is CCCN(C(=O)c1cc(OC)c(OCCOC)cc1[N+](=O)[O-])C(C)c1ccccc1Br. The molecule has 0 aromatic heterocycles. The molecule has 9 heteroatoms. The van der Waals surface area contributed by atoms with E-state index < -0.39 is 10.8 Å². The minimum atomic E-state index is -0.580. The molecule has 0 N–H and O–H groups in total. The first kappa shape index (κ1) is 24.6. The zero-order valence-electron chi connectivity index (χ0n) is 18.1. The molecule has 31 heavy (non-hydrogen) atoms. The fourth-order valence-electron chi connectivity index (χ4n) is 3.23. The molecule has 0 bridgehead atoms. The van der Waals surface area contributed by atoms with E-state index >= 15 is 0 Å². The normalized spacial score (nSPS) is 11.6. The number of nitro benzene ring substituents is 1. The molecule has 0 saturated carbocycles. The van der Waals surface area contributed by atoms with Crippen molar-refractivity contribution in [2.45, 2.75) is 26.3 Å². The number of ether oxygens (including phenoxy) is 3. The van der Waals surface area contributed by atoms with Gasteiger partial charge in [0.15, 0.2) is 11.5 Å². The highest BCUT2D eigenvalue weighted by atomic mass is 79.9. The number of nitrogens with zero attached hydrogens (tertiary/aromatic N) is 2. The average Bonchev–Trinajstić information content (AvgIpc) is 2.76. The Balaban J connectivity index is 2.50. The van der Waals surface area contributed by atoms with Gasteiger partial charge < -0.3 is 19.1 Å². The maximum atomic E-state index is 13.5. The topological polar surface area (TPSA) is 91.1 Å². The van der Waals surface area contributed by atoms with Crippen LogP contribution in [0.25, 0.3) is 0 Å². The van der Waals surface area contributed by atoms with Gasteiger partial charge >= 0.3 is 0 Å². The van der Waals surface area contributed by atoms with Crippen LogP contribution in [-0.4, -0.2) is 49.7 Å². The first-order valence-corrected chi connectivity index (χ1v) is 10.7. The van der Waals surface area contributed by atoms with E-state index in [1.807, 2.05) is 38.1 Å². The van der Waals surface area contributed by atoms with Crippen LogP contribution in [0.5, 0.6) is 11.5 Å². The molecule has 1 atom stereocenters. The Morgan fingerprint density at radius 3 is 2.48 bits per heavy atom. The van der Waals surface area contributed by atoms with Crippen molar-refractivity contribution < 1.29 is 23.9 Å². The van der Waals surface area contributed by atoms with E-state index in [4.69, 9.17) is 14.2 Å². The monoisotopic (exact) mass is 494 g/mol. The fraction of sp³-hybridized carbons (Fsp3) is 0.409. The minimum Gasteiger partial charge on any atom is -0.493 e. The number of benzene rings is 2. The van der Waals surface area contributed by atoms with Gasteiger partial charge in [-0.25, -0.2) is 0 Å². The zero-order valence-corrected chi connectivity index (χ0v) is 19.7. The second-order valence-electron chi connectivity index (χ2n) is 6.81. The van der Waals surface area contributed by atoms with E-state index in [1.165, 1.54) is 26.4 Å². The molecule has 0 aliphatic carbocycles. The predicted molar refractivity (Wildman–Crippen MR) is 121 cm³/mol. The van der Waals surface area contributed by atoms with Gasteiger partial charge in [-0.3, -0.25) is 14.9 Å². The highest BCUT2D eigenvalue weighted by molar-refractivity contribution is 9.10. The molecule has 168 valence electrons. The molecule has 1 unspecified atom stereocenters. The fourth-order valence-corrected chi connectivity index (χ4v) is 3.84. The van der Waals surface area contributed by atoms with E-state index in [2.05, 4.69) is 15.9 Å². The van der Waals surface area contributed by atoms with Crippen molar-refractivity contribution in [3.63, 3.8) is 0 Å². The van der Waals surface area contributed by atoms with E-state index in [-0.39, 0.29) is 35.4 Å². The summed E-state index contributed by atoms with van der Waals surface area (Å²) >= 11 is 3.53. The van der Waals surface area contributed by atoms with Crippen LogP contribution in [0.15, 0.2) is 40.9 Å². The largest absolute Gasteiger partial charge is 0.493 e. The molecule has 1 amide bonds. The summed E-state index contributed by atoms with van der Waals surface area (Å²) in [4.78, 5) is 26.4. The molecule has 2 rings (SSSR count). The number of halogens is 1. The van der Waals surface area contributed by atoms with Gasteiger partial charge in [-0.05, 0) is 25.0 Å². The molecule has 2 aromatic rings. The molecule has 0 aliphatic heterocycles. The number of rotatable bonds is 11. The zero-order chi connectivity index (χ0) is 23.0. The lowest BCUT2D eigenvalue weighted by atomic mass is 10.0. The smallest absolute Gasteiger partial charge is 0.286 e. The lowest BCUT2D eigenvalue weighted by Crippen LogP contribution is -2.35. The average molecular weight is 495 g/mol. The van der Waals surface area contributed by atoms with Crippen LogP contribution in [0.2, 0.25) is 0 Å². The van der Waals surface area contributed by atoms with Gasteiger partial charge in [0.2, 0.25) is 0 Å². The van der Waals surface area contributed by atoms with Crippen LogP contribution in [0, 0.1) is 10.1 Å². The quantitative estimate of drug-likeness (QED) is 0.248. The molecule has 0 saturated heterocycles. The van der Waals surface area contributed by atoms with Crippen molar-refractivity contribution in [1.82, 2.24) is 4.90 Å². The van der Waals surface area contributed by atoms with E-state index in [1.54, 1.807) is 4.90 Å². The van der Waals surface area contributed by atoms with Gasteiger partial charge in [0.1, 0.15) is 12.2 Å². The summed E-state index contributed by atoms with van der Waals surface area (Å²) in [5, 5.41) is 11.8. The number of methoxy groups -OCH3 is 2. The third-order valence-corrected chi connectivity index (χ3v) is 5.52. The highest BCUT2D eigenvalue weighted by Gasteiger charge is 2.31. The molecule has 8 nitrogen and oxygen atoms in total. The lowest BCUT2D eigenvalue weighted by molar-refractivity contribution is -0.385. The van der Waals surface area contributed by atoms with Crippen LogP contribution in [-0.2, 0) is 4.74 Å². The van der Waals surface area contributed by atoms with Gasteiger partial charge in [-0.15, -0.1) is 0 Å². The minimum absolute atomic E-state index is 0.0479. The molecule has 0 spiro atoms. The van der Waals surface area contributed by atoms with Crippen molar-refractivity contribution in [2.24, 2.45) is 0 Å². The summed E-state index contributed by atoms with van der Waals surface area (Å²) in [5.74, 6) is -0.0164. The van der Waals surface area contributed by atoms with Gasteiger partial charge in [0, 0.05) is 24.2 Å². The molecule has 0 aliphatic rings. The standard InChI is InChI=1S/C22H27BrN2O6/c1-5-10-24(15(2)16-8-6-7-9-18(16)23)22(26)17-13-20(30-4)21(31-12-11-29-3)14-19(17)25(27)28/h6-9,13-15H,5,10-12H2,1-4H3. The second kappa shape index (κ2) is 11.7. The van der Waals surface area contributed by atoms with Crippen molar-refractivity contribution in [2.75, 3.05) is 34.0 Å². The number of nitro groups is 1. The number of hydrogen-bond acceptors (Lipinski definition) is 6. The van der Waals surface area contributed by atoms with Crippen molar-refractivity contribution in [3.8, 4) is 11.5 Å². The van der Waals surface area contributed by atoms with E-state index in [0.717, 1.165) is 10.0 Å². The number of carbonyl (C=O) groups is 1. The molecule has 0 fully saturated rings. The van der Waals surface area contributed by atoms with Gasteiger partial charge in [-0.2, -0.15) is 0 Å². The molecule has 2 aromatic carbocycles. The number of amides is 1. The van der Waals surface area contributed by atoms with Crippen molar-refractivity contribution in [3.05, 3.63) is 62.1 Å². The summed E-state index contributed by atoms with van der Waals surface area (Å²) < 4.78 is 16.7. The molecular weight excluding hydrogens is 468 g/mol. The third kappa shape index (κ3) is 5.95. The van der Waals surface area contributed by atoms with Crippen LogP contribution >= 0.6 is 15.9 Å². The molecule has 0 radical (unpaired) electrons.